The van der Waals surface area contributed by atoms with E-state index in [1.807, 2.05) is 0 Å². The quantitative estimate of drug-likeness (QED) is 0.650. The molecule has 1 amide bonds. The fourth-order valence-electron chi connectivity index (χ4n) is 3.21. The molecule has 0 saturated carbocycles. The molecule has 1 saturated heterocycles. The molecular formula is C20H16F3N3O3. The van der Waals surface area contributed by atoms with E-state index in [9.17, 15) is 18.0 Å². The maximum absolute atomic E-state index is 12.7. The van der Waals surface area contributed by atoms with Crippen LogP contribution in [0, 0.1) is 0 Å². The van der Waals surface area contributed by atoms with Crippen molar-refractivity contribution in [1.82, 2.24) is 10.1 Å². The Morgan fingerprint density at radius 1 is 1.10 bits per heavy atom. The van der Waals surface area contributed by atoms with Crippen molar-refractivity contribution in [2.24, 2.45) is 0 Å². The first-order chi connectivity index (χ1) is 13.8. The molecule has 0 radical (unpaired) electrons. The van der Waals surface area contributed by atoms with E-state index in [0.717, 1.165) is 17.8 Å². The topological polar surface area (TPSA) is 68.5 Å². The molecule has 2 heterocycles. The first-order valence-corrected chi connectivity index (χ1v) is 8.81. The second-order valence-corrected chi connectivity index (χ2v) is 6.63. The Morgan fingerprint density at radius 2 is 1.79 bits per heavy atom. The summed E-state index contributed by atoms with van der Waals surface area (Å²) >= 11 is 0. The smallest absolute Gasteiger partial charge is 0.416 e. The van der Waals surface area contributed by atoms with E-state index in [1.165, 1.54) is 12.1 Å². The normalized spacial score (nSPS) is 17.0. The van der Waals surface area contributed by atoms with Gasteiger partial charge in [0.1, 0.15) is 5.75 Å². The Bertz CT molecular complexity index is 1010. The van der Waals surface area contributed by atoms with Crippen LogP contribution in [0.1, 0.15) is 23.8 Å². The van der Waals surface area contributed by atoms with Crippen LogP contribution in [0.5, 0.6) is 5.75 Å². The number of benzene rings is 2. The number of hydrogen-bond acceptors (Lipinski definition) is 5. The summed E-state index contributed by atoms with van der Waals surface area (Å²) in [6.07, 6.45) is -4.20. The molecule has 1 aromatic heterocycles. The summed E-state index contributed by atoms with van der Waals surface area (Å²) < 4.78 is 48.5. The highest BCUT2D eigenvalue weighted by Gasteiger charge is 2.35. The van der Waals surface area contributed by atoms with Crippen molar-refractivity contribution in [2.75, 3.05) is 18.6 Å². The van der Waals surface area contributed by atoms with E-state index in [1.54, 1.807) is 36.3 Å². The molecule has 1 unspecified atom stereocenters. The second kappa shape index (κ2) is 7.23. The predicted octanol–water partition coefficient (Wildman–Crippen LogP) is 4.28. The van der Waals surface area contributed by atoms with Crippen molar-refractivity contribution in [3.8, 4) is 17.1 Å². The standard InChI is InChI=1S/C20H16F3N3O3/c1-28-16-8-6-15(7-9-16)26-11-13(10-17(26)27)19-24-18(25-29-19)12-2-4-14(5-3-12)20(21,22)23/h2-9,13H,10-11H2,1H3. The molecule has 0 N–H and O–H groups in total. The van der Waals surface area contributed by atoms with Gasteiger partial charge in [0, 0.05) is 24.2 Å². The molecule has 3 aromatic rings. The molecule has 6 nitrogen and oxygen atoms in total. The van der Waals surface area contributed by atoms with Gasteiger partial charge in [-0.05, 0) is 36.4 Å². The molecule has 0 spiro atoms. The van der Waals surface area contributed by atoms with Crippen LogP contribution in [-0.2, 0) is 11.0 Å². The number of ether oxygens (including phenoxy) is 1. The highest BCUT2D eigenvalue weighted by Crippen LogP contribution is 2.33. The average molecular weight is 403 g/mol. The van der Waals surface area contributed by atoms with Crippen LogP contribution in [0.25, 0.3) is 11.4 Å². The zero-order chi connectivity index (χ0) is 20.6. The summed E-state index contributed by atoms with van der Waals surface area (Å²) in [6.45, 7) is 0.375. The number of alkyl halides is 3. The molecule has 0 aliphatic carbocycles. The van der Waals surface area contributed by atoms with E-state index in [2.05, 4.69) is 10.1 Å². The average Bonchev–Trinajstić information content (AvgIpc) is 3.34. The van der Waals surface area contributed by atoms with Gasteiger partial charge in [-0.25, -0.2) is 0 Å². The number of aromatic nitrogens is 2. The van der Waals surface area contributed by atoms with Gasteiger partial charge < -0.3 is 14.2 Å². The zero-order valence-electron chi connectivity index (χ0n) is 15.3. The minimum atomic E-state index is -4.41. The fraction of sp³-hybridized carbons (Fsp3) is 0.250. The number of nitrogens with zero attached hydrogens (tertiary/aromatic N) is 3. The summed E-state index contributed by atoms with van der Waals surface area (Å²) in [5, 5.41) is 3.85. The molecule has 29 heavy (non-hydrogen) atoms. The maximum Gasteiger partial charge on any atom is 0.416 e. The Hall–Kier alpha value is -3.36. The lowest BCUT2D eigenvalue weighted by Crippen LogP contribution is -2.24. The lowest BCUT2D eigenvalue weighted by Gasteiger charge is -2.16. The van der Waals surface area contributed by atoms with Crippen LogP contribution in [-0.4, -0.2) is 29.7 Å². The summed E-state index contributed by atoms with van der Waals surface area (Å²) in [7, 11) is 1.57. The Labute approximate surface area is 163 Å². The zero-order valence-corrected chi connectivity index (χ0v) is 15.3. The Kier molecular flexibility index (Phi) is 4.73. The van der Waals surface area contributed by atoms with Gasteiger partial charge in [-0.2, -0.15) is 18.2 Å². The van der Waals surface area contributed by atoms with Crippen molar-refractivity contribution in [3.05, 3.63) is 60.0 Å². The highest BCUT2D eigenvalue weighted by atomic mass is 19.4. The van der Waals surface area contributed by atoms with Gasteiger partial charge in [-0.1, -0.05) is 17.3 Å². The van der Waals surface area contributed by atoms with Crippen molar-refractivity contribution < 1.29 is 27.2 Å². The lowest BCUT2D eigenvalue weighted by atomic mass is 10.1. The fourth-order valence-corrected chi connectivity index (χ4v) is 3.21. The lowest BCUT2D eigenvalue weighted by molar-refractivity contribution is -0.137. The summed E-state index contributed by atoms with van der Waals surface area (Å²) in [5.74, 6) is 0.790. The molecule has 2 aromatic carbocycles. The third-order valence-corrected chi connectivity index (χ3v) is 4.77. The third-order valence-electron chi connectivity index (χ3n) is 4.77. The van der Waals surface area contributed by atoms with Gasteiger partial charge in [0.05, 0.1) is 18.6 Å². The van der Waals surface area contributed by atoms with Gasteiger partial charge in [-0.15, -0.1) is 0 Å². The maximum atomic E-state index is 12.7. The molecule has 1 fully saturated rings. The van der Waals surface area contributed by atoms with E-state index in [4.69, 9.17) is 9.26 Å². The number of carbonyl (C=O) groups excluding carboxylic acids is 1. The Morgan fingerprint density at radius 3 is 2.41 bits per heavy atom. The summed E-state index contributed by atoms with van der Waals surface area (Å²) in [5.41, 5.74) is 0.395. The van der Waals surface area contributed by atoms with Crippen molar-refractivity contribution >= 4 is 11.6 Å². The summed E-state index contributed by atoms with van der Waals surface area (Å²) in [4.78, 5) is 18.3. The summed E-state index contributed by atoms with van der Waals surface area (Å²) in [6, 6.07) is 11.6. The van der Waals surface area contributed by atoms with Crippen LogP contribution < -0.4 is 9.64 Å². The highest BCUT2D eigenvalue weighted by molar-refractivity contribution is 5.96. The van der Waals surface area contributed by atoms with Crippen molar-refractivity contribution in [2.45, 2.75) is 18.5 Å². The van der Waals surface area contributed by atoms with Gasteiger partial charge in [-0.3, -0.25) is 4.79 Å². The number of halogens is 3. The van der Waals surface area contributed by atoms with Crippen molar-refractivity contribution in [1.29, 1.82) is 0 Å². The van der Waals surface area contributed by atoms with Gasteiger partial charge >= 0.3 is 6.18 Å². The number of anilines is 1. The molecule has 150 valence electrons. The third kappa shape index (κ3) is 3.80. The number of methoxy groups -OCH3 is 1. The number of carbonyl (C=O) groups is 1. The first kappa shape index (κ1) is 19.0. The number of rotatable bonds is 4. The SMILES string of the molecule is COc1ccc(N2CC(c3nc(-c4ccc(C(F)(F)F)cc4)no3)CC2=O)cc1. The van der Waals surface area contributed by atoms with Gasteiger partial charge in [0.15, 0.2) is 0 Å². The molecule has 1 atom stereocenters. The van der Waals surface area contributed by atoms with Crippen LogP contribution in [0.2, 0.25) is 0 Å². The molecular weight excluding hydrogens is 387 g/mol. The van der Waals surface area contributed by atoms with Gasteiger partial charge in [0.25, 0.3) is 0 Å². The van der Waals surface area contributed by atoms with Crippen LogP contribution in [0.3, 0.4) is 0 Å². The van der Waals surface area contributed by atoms with E-state index in [-0.39, 0.29) is 30.0 Å². The van der Waals surface area contributed by atoms with Gasteiger partial charge in [0.2, 0.25) is 17.6 Å². The Balaban J connectivity index is 1.50. The molecule has 4 rings (SSSR count). The van der Waals surface area contributed by atoms with E-state index < -0.39 is 11.7 Å². The molecule has 0 bridgehead atoms. The van der Waals surface area contributed by atoms with Crippen LogP contribution in [0.4, 0.5) is 18.9 Å². The molecule has 1 aliphatic rings. The predicted molar refractivity (Wildman–Crippen MR) is 97.4 cm³/mol. The number of amides is 1. The minimum Gasteiger partial charge on any atom is -0.497 e. The van der Waals surface area contributed by atoms with Crippen LogP contribution in [0.15, 0.2) is 53.1 Å². The second-order valence-electron chi connectivity index (χ2n) is 6.63. The van der Waals surface area contributed by atoms with E-state index in [0.29, 0.717) is 17.9 Å². The van der Waals surface area contributed by atoms with Crippen molar-refractivity contribution in [3.63, 3.8) is 0 Å². The van der Waals surface area contributed by atoms with E-state index >= 15 is 0 Å². The van der Waals surface area contributed by atoms with Crippen LogP contribution >= 0.6 is 0 Å². The monoisotopic (exact) mass is 403 g/mol. The first-order valence-electron chi connectivity index (χ1n) is 8.81. The number of hydrogen-bond donors (Lipinski definition) is 0. The minimum absolute atomic E-state index is 0.0746. The molecule has 9 heteroatoms. The largest absolute Gasteiger partial charge is 0.497 e. The molecule has 1 aliphatic heterocycles.